The van der Waals surface area contributed by atoms with Crippen molar-refractivity contribution in [2.75, 3.05) is 18.0 Å². The Bertz CT molecular complexity index is 1530. The van der Waals surface area contributed by atoms with Crippen molar-refractivity contribution in [1.82, 2.24) is 4.98 Å². The highest BCUT2D eigenvalue weighted by atomic mass is 79.9. The van der Waals surface area contributed by atoms with Gasteiger partial charge in [-0.2, -0.15) is 0 Å². The van der Waals surface area contributed by atoms with Gasteiger partial charge in [0, 0.05) is 5.39 Å². The van der Waals surface area contributed by atoms with E-state index in [9.17, 15) is 18.3 Å². The molecular weight excluding hydrogens is 536 g/mol. The van der Waals surface area contributed by atoms with Crippen molar-refractivity contribution in [2.24, 2.45) is 10.2 Å². The second kappa shape index (κ2) is 9.88. The lowest BCUT2D eigenvalue weighted by atomic mass is 10.2. The summed E-state index contributed by atoms with van der Waals surface area (Å²) in [5, 5.41) is 18.3. The van der Waals surface area contributed by atoms with Crippen LogP contribution in [-0.2, 0) is 14.8 Å². The Morgan fingerprint density at radius 1 is 1.11 bits per heavy atom. The number of anilines is 1. The number of halogens is 1. The van der Waals surface area contributed by atoms with Crippen LogP contribution in [0.5, 0.6) is 11.6 Å². The Balaban J connectivity index is 1.68. The first-order chi connectivity index (χ1) is 16.7. The van der Waals surface area contributed by atoms with Gasteiger partial charge in [-0.05, 0) is 59.3 Å². The summed E-state index contributed by atoms with van der Waals surface area (Å²) >= 11 is 3.30. The number of fused-ring (bicyclic) bond motifs is 1. The molecule has 3 aromatic carbocycles. The fourth-order valence-corrected chi connectivity index (χ4v) is 5.57. The molecule has 4 aromatic rings. The number of aryl methyl sites for hydroxylation is 1. The van der Waals surface area contributed by atoms with Crippen molar-refractivity contribution in [3.63, 3.8) is 0 Å². The molecule has 0 radical (unpaired) electrons. The zero-order valence-electron chi connectivity index (χ0n) is 18.8. The topological polar surface area (TPSA) is 124 Å². The second-order valence-electron chi connectivity index (χ2n) is 7.61. The van der Waals surface area contributed by atoms with E-state index in [0.29, 0.717) is 26.8 Å². The first-order valence-corrected chi connectivity index (χ1v) is 12.6. The zero-order chi connectivity index (χ0) is 25.2. The van der Waals surface area contributed by atoms with Crippen molar-refractivity contribution in [1.29, 1.82) is 0 Å². The number of carbonyl (C=O) groups excluding carboxylic acids is 1. The molecule has 4 rings (SSSR count). The van der Waals surface area contributed by atoms with Crippen LogP contribution in [0.1, 0.15) is 5.56 Å². The molecule has 0 atom stereocenters. The van der Waals surface area contributed by atoms with E-state index in [1.165, 1.54) is 25.3 Å². The Hall–Kier alpha value is -3.70. The van der Waals surface area contributed by atoms with Gasteiger partial charge in [0.2, 0.25) is 5.88 Å². The molecule has 0 aliphatic carbocycles. The van der Waals surface area contributed by atoms with E-state index < -0.39 is 22.5 Å². The third-order valence-electron chi connectivity index (χ3n) is 5.23. The molecule has 180 valence electrons. The van der Waals surface area contributed by atoms with Gasteiger partial charge in [-0.25, -0.2) is 8.42 Å². The molecule has 0 saturated heterocycles. The maximum absolute atomic E-state index is 13.6. The lowest BCUT2D eigenvalue weighted by Gasteiger charge is -2.23. The molecule has 0 bridgehead atoms. The lowest BCUT2D eigenvalue weighted by molar-refractivity contribution is -0.116. The number of sulfonamides is 1. The minimum Gasteiger partial charge on any atom is -0.496 e. The summed E-state index contributed by atoms with van der Waals surface area (Å²) in [5.74, 6) is -0.588. The number of aromatic amines is 1. The van der Waals surface area contributed by atoms with Crippen LogP contribution in [0.15, 0.2) is 86.3 Å². The number of para-hydroxylation sites is 1. The average molecular weight is 557 g/mol. The molecule has 0 spiro atoms. The third-order valence-corrected chi connectivity index (χ3v) is 7.62. The molecule has 0 fully saturated rings. The molecular formula is C24H21BrN4O5S. The molecule has 0 saturated carbocycles. The normalized spacial score (nSPS) is 11.7. The van der Waals surface area contributed by atoms with Gasteiger partial charge in [-0.15, -0.1) is 10.2 Å². The number of amides is 1. The highest BCUT2D eigenvalue weighted by Gasteiger charge is 2.28. The molecule has 1 amide bonds. The molecule has 1 aromatic heterocycles. The molecule has 11 heteroatoms. The number of methoxy groups -OCH3 is 1. The number of H-pyrrole nitrogens is 1. The van der Waals surface area contributed by atoms with Crippen molar-refractivity contribution < 1.29 is 23.1 Å². The van der Waals surface area contributed by atoms with E-state index >= 15 is 0 Å². The highest BCUT2D eigenvalue weighted by molar-refractivity contribution is 9.10. The van der Waals surface area contributed by atoms with Crippen LogP contribution < -0.4 is 9.04 Å². The maximum Gasteiger partial charge on any atom is 0.285 e. The van der Waals surface area contributed by atoms with Gasteiger partial charge in [-0.3, -0.25) is 9.10 Å². The fraction of sp³-hybridized carbons (Fsp3) is 0.125. The van der Waals surface area contributed by atoms with Crippen molar-refractivity contribution in [3.05, 3.63) is 76.8 Å². The Kier molecular flexibility index (Phi) is 6.90. The van der Waals surface area contributed by atoms with E-state index in [2.05, 4.69) is 31.1 Å². The summed E-state index contributed by atoms with van der Waals surface area (Å²) in [6, 6.07) is 18.1. The first kappa shape index (κ1) is 24.4. The van der Waals surface area contributed by atoms with Crippen LogP contribution in [0.2, 0.25) is 0 Å². The van der Waals surface area contributed by atoms with E-state index in [-0.39, 0.29) is 16.5 Å². The molecule has 2 N–H and O–H groups in total. The maximum atomic E-state index is 13.6. The SMILES string of the molecule is COc1ccc(S(=O)(=O)N(CC(=O)N=Nc2c(O)[nH]c3ccccc23)c2ccc(C)cc2)cc1Br. The number of nitrogens with zero attached hydrogens (tertiary/aromatic N) is 3. The highest BCUT2D eigenvalue weighted by Crippen LogP contribution is 2.35. The largest absolute Gasteiger partial charge is 0.496 e. The number of carbonyl (C=O) groups is 1. The van der Waals surface area contributed by atoms with Crippen LogP contribution in [0.4, 0.5) is 11.4 Å². The number of rotatable bonds is 7. The monoisotopic (exact) mass is 556 g/mol. The van der Waals surface area contributed by atoms with Crippen LogP contribution in [-0.4, -0.2) is 38.1 Å². The van der Waals surface area contributed by atoms with Crippen LogP contribution in [0, 0.1) is 6.92 Å². The van der Waals surface area contributed by atoms with Crippen molar-refractivity contribution >= 4 is 54.1 Å². The van der Waals surface area contributed by atoms with Gasteiger partial charge in [0.25, 0.3) is 15.9 Å². The number of nitrogens with one attached hydrogen (secondary N) is 1. The molecule has 0 unspecified atom stereocenters. The van der Waals surface area contributed by atoms with E-state index in [0.717, 1.165) is 9.87 Å². The second-order valence-corrected chi connectivity index (χ2v) is 10.3. The molecule has 9 nitrogen and oxygen atoms in total. The quantitative estimate of drug-likeness (QED) is 0.292. The number of aromatic hydroxyl groups is 1. The Labute approximate surface area is 210 Å². The first-order valence-electron chi connectivity index (χ1n) is 10.4. The van der Waals surface area contributed by atoms with Gasteiger partial charge in [-0.1, -0.05) is 35.9 Å². The summed E-state index contributed by atoms with van der Waals surface area (Å²) in [6.07, 6.45) is 0. The fourth-order valence-electron chi connectivity index (χ4n) is 3.44. The lowest BCUT2D eigenvalue weighted by Crippen LogP contribution is -2.35. The van der Waals surface area contributed by atoms with Crippen molar-refractivity contribution in [2.45, 2.75) is 11.8 Å². The van der Waals surface area contributed by atoms with Gasteiger partial charge in [0.1, 0.15) is 12.3 Å². The Morgan fingerprint density at radius 2 is 1.83 bits per heavy atom. The zero-order valence-corrected chi connectivity index (χ0v) is 21.2. The minimum absolute atomic E-state index is 0.0373. The number of aromatic nitrogens is 1. The van der Waals surface area contributed by atoms with E-state index in [1.807, 2.05) is 6.92 Å². The standard InChI is InChI=1S/C24H21BrN4O5S/c1-15-7-9-16(10-8-15)29(35(32,33)17-11-12-21(34-2)19(25)13-17)14-22(30)27-28-23-18-5-3-4-6-20(18)26-24(23)31/h3-13,26,31H,14H2,1-2H3. The summed E-state index contributed by atoms with van der Waals surface area (Å²) in [4.78, 5) is 15.5. The minimum atomic E-state index is -4.15. The summed E-state index contributed by atoms with van der Waals surface area (Å²) in [7, 11) is -2.68. The molecule has 0 aliphatic heterocycles. The summed E-state index contributed by atoms with van der Waals surface area (Å²) in [5.41, 5.74) is 1.94. The third kappa shape index (κ3) is 5.05. The average Bonchev–Trinajstić information content (AvgIpc) is 3.16. The molecule has 1 heterocycles. The van der Waals surface area contributed by atoms with Crippen LogP contribution >= 0.6 is 15.9 Å². The predicted octanol–water partition coefficient (Wildman–Crippen LogP) is 5.46. The summed E-state index contributed by atoms with van der Waals surface area (Å²) in [6.45, 7) is 1.28. The van der Waals surface area contributed by atoms with Crippen LogP contribution in [0.3, 0.4) is 0 Å². The number of hydrogen-bond donors (Lipinski definition) is 2. The molecule has 35 heavy (non-hydrogen) atoms. The van der Waals surface area contributed by atoms with E-state index in [4.69, 9.17) is 4.74 Å². The Morgan fingerprint density at radius 3 is 2.51 bits per heavy atom. The summed E-state index contributed by atoms with van der Waals surface area (Å²) < 4.78 is 33.7. The van der Waals surface area contributed by atoms with Gasteiger partial charge in [0.15, 0.2) is 5.69 Å². The van der Waals surface area contributed by atoms with Crippen molar-refractivity contribution in [3.8, 4) is 11.6 Å². The number of ether oxygens (including phenoxy) is 1. The number of hydrogen-bond acceptors (Lipinski definition) is 6. The smallest absolute Gasteiger partial charge is 0.285 e. The van der Waals surface area contributed by atoms with Crippen LogP contribution in [0.25, 0.3) is 10.9 Å². The van der Waals surface area contributed by atoms with E-state index in [1.54, 1.807) is 48.5 Å². The predicted molar refractivity (Wildman–Crippen MR) is 136 cm³/mol. The van der Waals surface area contributed by atoms with Gasteiger partial charge < -0.3 is 14.8 Å². The van der Waals surface area contributed by atoms with Gasteiger partial charge in [0.05, 0.1) is 27.7 Å². The number of azo groups is 1. The molecule has 0 aliphatic rings. The number of benzene rings is 3. The van der Waals surface area contributed by atoms with Gasteiger partial charge >= 0.3 is 0 Å².